The predicted molar refractivity (Wildman–Crippen MR) is 142 cm³/mol. The van der Waals surface area contributed by atoms with Crippen LogP contribution in [0.15, 0.2) is 24.4 Å². The lowest BCUT2D eigenvalue weighted by Crippen LogP contribution is -2.43. The van der Waals surface area contributed by atoms with Crippen molar-refractivity contribution in [3.8, 4) is 0 Å². The van der Waals surface area contributed by atoms with Crippen LogP contribution < -0.4 is 10.6 Å². The van der Waals surface area contributed by atoms with Gasteiger partial charge in [-0.15, -0.1) is 12.4 Å². The molecule has 0 bridgehead atoms. The molecule has 0 saturated carbocycles. The molecule has 2 heterocycles. The number of nitrogens with one attached hydrogen (secondary N) is 2. The second-order valence-electron chi connectivity index (χ2n) is 9.38. The molecule has 1 aromatic rings. The van der Waals surface area contributed by atoms with E-state index in [4.69, 9.17) is 0 Å². The highest BCUT2D eigenvalue weighted by Gasteiger charge is 2.30. The minimum atomic E-state index is -0.0860. The van der Waals surface area contributed by atoms with Crippen LogP contribution >= 0.6 is 12.4 Å². The lowest BCUT2D eigenvalue weighted by Gasteiger charge is -2.23. The molecule has 7 heteroatoms. The van der Waals surface area contributed by atoms with Crippen LogP contribution in [0.1, 0.15) is 103 Å². The average molecular weight is 495 g/mol. The molecule has 2 N–H and O–H groups in total. The Morgan fingerprint density at radius 2 is 1.62 bits per heavy atom. The minimum absolute atomic E-state index is 0. The number of rotatable bonds is 18. The summed E-state index contributed by atoms with van der Waals surface area (Å²) < 4.78 is 0. The van der Waals surface area contributed by atoms with Gasteiger partial charge < -0.3 is 10.6 Å². The molecule has 0 aromatic carbocycles. The molecule has 1 fully saturated rings. The number of hydrogen-bond donors (Lipinski definition) is 2. The van der Waals surface area contributed by atoms with Gasteiger partial charge in [-0.2, -0.15) is 0 Å². The number of unbranched alkanes of at least 4 members (excludes halogenated alkanes) is 9. The van der Waals surface area contributed by atoms with Crippen LogP contribution in [0.5, 0.6) is 0 Å². The summed E-state index contributed by atoms with van der Waals surface area (Å²) in [6.45, 7) is 5.22. The van der Waals surface area contributed by atoms with E-state index in [1.165, 1.54) is 57.8 Å². The number of halogens is 1. The van der Waals surface area contributed by atoms with Gasteiger partial charge in [0.2, 0.25) is 11.8 Å². The molecule has 2 rings (SSSR count). The van der Waals surface area contributed by atoms with Crippen molar-refractivity contribution in [2.24, 2.45) is 0 Å². The Kier molecular flexibility index (Phi) is 17.5. The molecular weight excluding hydrogens is 448 g/mol. The first kappa shape index (κ1) is 30.4. The fourth-order valence-corrected chi connectivity index (χ4v) is 4.52. The van der Waals surface area contributed by atoms with Gasteiger partial charge in [-0.25, -0.2) is 0 Å². The lowest BCUT2D eigenvalue weighted by atomic mass is 10.1. The van der Waals surface area contributed by atoms with Crippen molar-refractivity contribution in [2.75, 3.05) is 19.6 Å². The average Bonchev–Trinajstić information content (AvgIpc) is 3.29. The monoisotopic (exact) mass is 494 g/mol. The zero-order chi connectivity index (χ0) is 23.6. The second-order valence-corrected chi connectivity index (χ2v) is 9.38. The molecule has 0 unspecified atom stereocenters. The molecule has 1 aliphatic rings. The zero-order valence-corrected chi connectivity index (χ0v) is 22.1. The van der Waals surface area contributed by atoms with E-state index in [-0.39, 0.29) is 30.3 Å². The summed E-state index contributed by atoms with van der Waals surface area (Å²) in [7, 11) is 0. The maximum Gasteiger partial charge on any atom is 0.237 e. The molecule has 0 radical (unpaired) electrons. The molecule has 1 aromatic heterocycles. The van der Waals surface area contributed by atoms with Gasteiger partial charge in [0.15, 0.2) is 0 Å². The summed E-state index contributed by atoms with van der Waals surface area (Å²) in [6.07, 6.45) is 17.9. The summed E-state index contributed by atoms with van der Waals surface area (Å²) >= 11 is 0. The Hall–Kier alpha value is -1.66. The minimum Gasteiger partial charge on any atom is -0.356 e. The Morgan fingerprint density at radius 3 is 2.29 bits per heavy atom. The van der Waals surface area contributed by atoms with Crippen molar-refractivity contribution >= 4 is 24.2 Å². The Bertz CT molecular complexity index is 659. The van der Waals surface area contributed by atoms with Crippen LogP contribution in [0.2, 0.25) is 0 Å². The van der Waals surface area contributed by atoms with Crippen LogP contribution in [-0.2, 0) is 16.1 Å². The van der Waals surface area contributed by atoms with Crippen molar-refractivity contribution in [3.05, 3.63) is 30.1 Å². The molecule has 0 aliphatic carbocycles. The first-order chi connectivity index (χ1) is 16.2. The molecule has 194 valence electrons. The number of hydrogen-bond acceptors (Lipinski definition) is 4. The highest BCUT2D eigenvalue weighted by Crippen LogP contribution is 2.19. The Morgan fingerprint density at radius 1 is 0.941 bits per heavy atom. The van der Waals surface area contributed by atoms with Crippen molar-refractivity contribution in [1.29, 1.82) is 0 Å². The van der Waals surface area contributed by atoms with E-state index in [9.17, 15) is 9.59 Å². The standard InChI is InChI=1S/C27H46N4O2.ClH/c1-2-3-4-5-6-7-8-9-10-12-20-29-26(32)18-14-21-30-27(33)25-17-15-22-31(25)23-24-16-11-13-19-28-24;/h11,13,16,19,25H,2-10,12,14-15,17-18,20-23H2,1H3,(H,29,32)(H,30,33);1H/t25-;/m0./s1. The summed E-state index contributed by atoms with van der Waals surface area (Å²) in [5, 5.41) is 6.05. The van der Waals surface area contributed by atoms with E-state index < -0.39 is 0 Å². The molecular formula is C27H47ClN4O2. The van der Waals surface area contributed by atoms with E-state index >= 15 is 0 Å². The third kappa shape index (κ3) is 13.3. The molecule has 0 spiro atoms. The van der Waals surface area contributed by atoms with Crippen molar-refractivity contribution < 1.29 is 9.59 Å². The molecule has 6 nitrogen and oxygen atoms in total. The summed E-state index contributed by atoms with van der Waals surface area (Å²) in [5.41, 5.74) is 0.997. The van der Waals surface area contributed by atoms with E-state index in [1.54, 1.807) is 6.20 Å². The van der Waals surface area contributed by atoms with E-state index in [1.807, 2.05) is 18.2 Å². The first-order valence-corrected chi connectivity index (χ1v) is 13.4. The predicted octanol–water partition coefficient (Wildman–Crippen LogP) is 5.40. The number of amides is 2. The maximum absolute atomic E-state index is 12.6. The number of likely N-dealkylation sites (tertiary alicyclic amines) is 1. The number of pyridine rings is 1. The maximum atomic E-state index is 12.6. The molecule has 34 heavy (non-hydrogen) atoms. The van der Waals surface area contributed by atoms with Crippen molar-refractivity contribution in [2.45, 2.75) is 109 Å². The van der Waals surface area contributed by atoms with Crippen LogP contribution in [0.3, 0.4) is 0 Å². The van der Waals surface area contributed by atoms with E-state index in [0.717, 1.165) is 38.0 Å². The zero-order valence-electron chi connectivity index (χ0n) is 21.2. The summed E-state index contributed by atoms with van der Waals surface area (Å²) in [6, 6.07) is 5.80. The lowest BCUT2D eigenvalue weighted by molar-refractivity contribution is -0.126. The molecule has 1 saturated heterocycles. The number of aromatic nitrogens is 1. The van der Waals surface area contributed by atoms with Crippen LogP contribution in [0.25, 0.3) is 0 Å². The van der Waals surface area contributed by atoms with Crippen LogP contribution in [-0.4, -0.2) is 47.4 Å². The highest BCUT2D eigenvalue weighted by atomic mass is 35.5. The number of carbonyl (C=O) groups is 2. The first-order valence-electron chi connectivity index (χ1n) is 13.4. The third-order valence-corrected chi connectivity index (χ3v) is 6.49. The fourth-order valence-electron chi connectivity index (χ4n) is 4.52. The second kappa shape index (κ2) is 19.6. The number of carbonyl (C=O) groups excluding carboxylic acids is 2. The molecule has 1 atom stereocenters. The normalized spacial score (nSPS) is 15.6. The fraction of sp³-hybridized carbons (Fsp3) is 0.741. The van der Waals surface area contributed by atoms with E-state index in [0.29, 0.717) is 25.9 Å². The van der Waals surface area contributed by atoms with Crippen molar-refractivity contribution in [3.63, 3.8) is 0 Å². The van der Waals surface area contributed by atoms with Gasteiger partial charge in [-0.3, -0.25) is 19.5 Å². The van der Waals surface area contributed by atoms with Gasteiger partial charge in [0.25, 0.3) is 0 Å². The van der Waals surface area contributed by atoms with Gasteiger partial charge in [-0.05, 0) is 44.4 Å². The largest absolute Gasteiger partial charge is 0.356 e. The quantitative estimate of drug-likeness (QED) is 0.268. The van der Waals surface area contributed by atoms with Gasteiger partial charge in [-0.1, -0.05) is 70.8 Å². The van der Waals surface area contributed by atoms with Crippen molar-refractivity contribution in [1.82, 2.24) is 20.5 Å². The Labute approximate surface area is 213 Å². The van der Waals surface area contributed by atoms with Gasteiger partial charge >= 0.3 is 0 Å². The van der Waals surface area contributed by atoms with Gasteiger partial charge in [0, 0.05) is 32.3 Å². The highest BCUT2D eigenvalue weighted by molar-refractivity contribution is 5.85. The van der Waals surface area contributed by atoms with Gasteiger partial charge in [0.1, 0.15) is 0 Å². The topological polar surface area (TPSA) is 74.3 Å². The number of nitrogens with zero attached hydrogens (tertiary/aromatic N) is 2. The van der Waals surface area contributed by atoms with Crippen LogP contribution in [0, 0.1) is 0 Å². The summed E-state index contributed by atoms with van der Waals surface area (Å²) in [4.78, 5) is 31.2. The molecule has 2 amide bonds. The molecule has 1 aliphatic heterocycles. The SMILES string of the molecule is CCCCCCCCCCCCNC(=O)CCCNC(=O)[C@@H]1CCCN1Cc1ccccn1.Cl. The smallest absolute Gasteiger partial charge is 0.237 e. The van der Waals surface area contributed by atoms with Gasteiger partial charge in [0.05, 0.1) is 11.7 Å². The van der Waals surface area contributed by atoms with E-state index in [2.05, 4.69) is 27.4 Å². The van der Waals surface area contributed by atoms with Crippen LogP contribution in [0.4, 0.5) is 0 Å². The third-order valence-electron chi connectivity index (χ3n) is 6.49. The summed E-state index contributed by atoms with van der Waals surface area (Å²) in [5.74, 6) is 0.173. The Balaban J connectivity index is 0.00000578.